The summed E-state index contributed by atoms with van der Waals surface area (Å²) in [5.41, 5.74) is 6.18. The van der Waals surface area contributed by atoms with Crippen LogP contribution in [-0.4, -0.2) is 36.4 Å². The number of halogens is 2. The third-order valence-electron chi connectivity index (χ3n) is 5.60. The second-order valence-corrected chi connectivity index (χ2v) is 9.66. The van der Waals surface area contributed by atoms with E-state index < -0.39 is 11.9 Å². The van der Waals surface area contributed by atoms with Crippen molar-refractivity contribution in [2.45, 2.75) is 20.5 Å². The van der Waals surface area contributed by atoms with Crippen LogP contribution in [0.4, 0.5) is 0 Å². The number of methoxy groups -OCH3 is 1. The Morgan fingerprint density at radius 1 is 1.05 bits per heavy atom. The Morgan fingerprint density at radius 2 is 1.77 bits per heavy atom. The van der Waals surface area contributed by atoms with Gasteiger partial charge in [0.1, 0.15) is 23.9 Å². The van der Waals surface area contributed by atoms with Crippen LogP contribution in [0.25, 0.3) is 5.69 Å². The van der Waals surface area contributed by atoms with Crippen LogP contribution in [0.15, 0.2) is 74.7 Å². The molecule has 1 amide bonds. The van der Waals surface area contributed by atoms with Gasteiger partial charge in [0, 0.05) is 27.7 Å². The second-order valence-electron chi connectivity index (χ2n) is 8.37. The van der Waals surface area contributed by atoms with Crippen molar-refractivity contribution in [3.05, 3.63) is 98.6 Å². The zero-order valence-corrected chi connectivity index (χ0v) is 23.7. The number of carbonyl (C=O) groups is 2. The zero-order chi connectivity index (χ0) is 27.9. The highest BCUT2D eigenvalue weighted by molar-refractivity contribution is 9.10. The normalized spacial score (nSPS) is 11.0. The number of carbonyl (C=O) groups excluding carboxylic acids is 2. The summed E-state index contributed by atoms with van der Waals surface area (Å²) in [4.78, 5) is 24.0. The first kappa shape index (κ1) is 28.0. The molecule has 0 fully saturated rings. The Morgan fingerprint density at radius 3 is 2.46 bits per heavy atom. The van der Waals surface area contributed by atoms with Crippen LogP contribution >= 0.6 is 27.5 Å². The minimum absolute atomic E-state index is 0.0640. The van der Waals surface area contributed by atoms with E-state index in [1.165, 1.54) is 19.4 Å². The largest absolute Gasteiger partial charge is 0.486 e. The van der Waals surface area contributed by atoms with Gasteiger partial charge in [-0.05, 0) is 90.4 Å². The summed E-state index contributed by atoms with van der Waals surface area (Å²) in [6, 6.07) is 18.3. The van der Waals surface area contributed by atoms with E-state index in [1.807, 2.05) is 24.3 Å². The lowest BCUT2D eigenvalue weighted by Gasteiger charge is -2.11. The quantitative estimate of drug-likeness (QED) is 0.134. The number of ether oxygens (including phenoxy) is 3. The Labute approximate surface area is 238 Å². The van der Waals surface area contributed by atoms with Crippen LogP contribution in [-0.2, 0) is 16.1 Å². The predicted molar refractivity (Wildman–Crippen MR) is 150 cm³/mol. The molecule has 1 N–H and O–H groups in total. The van der Waals surface area contributed by atoms with Gasteiger partial charge in [-0.3, -0.25) is 4.79 Å². The Balaban J connectivity index is 1.34. The van der Waals surface area contributed by atoms with Gasteiger partial charge in [-0.25, -0.2) is 10.2 Å². The molecule has 4 rings (SSSR count). The van der Waals surface area contributed by atoms with Crippen LogP contribution in [0.2, 0.25) is 5.02 Å². The lowest BCUT2D eigenvalue weighted by Crippen LogP contribution is -2.17. The van der Waals surface area contributed by atoms with Crippen molar-refractivity contribution in [3.8, 4) is 17.2 Å². The maximum absolute atomic E-state index is 12.5. The smallest absolute Gasteiger partial charge is 0.343 e. The molecule has 2 aromatic carbocycles. The van der Waals surface area contributed by atoms with E-state index in [9.17, 15) is 9.59 Å². The third kappa shape index (κ3) is 7.10. The summed E-state index contributed by atoms with van der Waals surface area (Å²) in [7, 11) is 1.26. The van der Waals surface area contributed by atoms with Crippen molar-refractivity contribution in [1.82, 2.24) is 9.99 Å². The molecule has 202 valence electrons. The average Bonchev–Trinajstić information content (AvgIpc) is 3.53. The van der Waals surface area contributed by atoms with E-state index in [1.54, 1.807) is 18.2 Å². The molecule has 0 saturated carbocycles. The first-order valence-corrected chi connectivity index (χ1v) is 12.9. The van der Waals surface area contributed by atoms with Crippen LogP contribution in [0.5, 0.6) is 11.5 Å². The summed E-state index contributed by atoms with van der Waals surface area (Å²) in [5, 5.41) is 4.36. The van der Waals surface area contributed by atoms with Crippen LogP contribution in [0, 0.1) is 13.8 Å². The van der Waals surface area contributed by atoms with Crippen molar-refractivity contribution in [3.63, 3.8) is 0 Å². The number of hydrogen-bond donors (Lipinski definition) is 1. The lowest BCUT2D eigenvalue weighted by atomic mass is 10.2. The number of aryl methyl sites for hydroxylation is 2. The minimum Gasteiger partial charge on any atom is -0.486 e. The number of nitrogens with one attached hydrogen (secondary N) is 1. The number of nitrogens with zero attached hydrogens (tertiary/aromatic N) is 2. The van der Waals surface area contributed by atoms with E-state index in [0.717, 1.165) is 17.1 Å². The summed E-state index contributed by atoms with van der Waals surface area (Å²) in [5.74, 6) is 0.414. The van der Waals surface area contributed by atoms with E-state index in [4.69, 9.17) is 25.5 Å². The predicted octanol–water partition coefficient (Wildman–Crippen LogP) is 6.00. The fourth-order valence-electron chi connectivity index (χ4n) is 3.73. The van der Waals surface area contributed by atoms with Gasteiger partial charge in [0.2, 0.25) is 0 Å². The Bertz CT molecular complexity index is 1490. The van der Waals surface area contributed by atoms with Crippen molar-refractivity contribution >= 4 is 45.6 Å². The van der Waals surface area contributed by atoms with Crippen molar-refractivity contribution in [1.29, 1.82) is 0 Å². The summed E-state index contributed by atoms with van der Waals surface area (Å²) >= 11 is 9.46. The maximum atomic E-state index is 12.5. The number of amides is 1. The van der Waals surface area contributed by atoms with E-state index >= 15 is 0 Å². The van der Waals surface area contributed by atoms with Gasteiger partial charge in [-0.1, -0.05) is 11.6 Å². The van der Waals surface area contributed by atoms with Gasteiger partial charge in [0.25, 0.3) is 0 Å². The molecule has 2 aromatic heterocycles. The lowest BCUT2D eigenvalue weighted by molar-refractivity contribution is -0.142. The molecule has 0 aliphatic carbocycles. The molecule has 0 unspecified atom stereocenters. The molecular formula is C28H25BrClN3O6. The van der Waals surface area contributed by atoms with Gasteiger partial charge in [0.05, 0.1) is 17.8 Å². The molecule has 11 heteroatoms. The van der Waals surface area contributed by atoms with Crippen molar-refractivity contribution < 1.29 is 28.2 Å². The Kier molecular flexibility index (Phi) is 9.11. The van der Waals surface area contributed by atoms with Crippen LogP contribution in [0.3, 0.4) is 0 Å². The highest BCUT2D eigenvalue weighted by Crippen LogP contribution is 2.32. The summed E-state index contributed by atoms with van der Waals surface area (Å²) in [6.07, 6.45) is 1.34. The molecule has 0 aliphatic rings. The van der Waals surface area contributed by atoms with Crippen molar-refractivity contribution in [2.75, 3.05) is 13.7 Å². The fourth-order valence-corrected chi connectivity index (χ4v) is 4.68. The SMILES string of the molecule is COC(=O)COc1c(Br)cc(Cl)cc1/C=N/NC(=O)c1ccc(COc2ccc(-n3c(C)ccc3C)cc2)o1. The molecule has 9 nitrogen and oxygen atoms in total. The van der Waals surface area contributed by atoms with Crippen molar-refractivity contribution in [2.24, 2.45) is 5.10 Å². The first-order valence-electron chi connectivity index (χ1n) is 11.7. The standard InChI is InChI=1S/C28H25BrClN3O6/c1-17-4-5-18(2)33(17)21-6-8-22(9-7-21)37-15-23-10-11-25(39-23)28(35)32-31-14-19-12-20(30)13-24(29)27(19)38-16-26(34)36-3/h4-14H,15-16H2,1-3H3,(H,32,35)/b31-14+. The average molecular weight is 615 g/mol. The third-order valence-corrected chi connectivity index (χ3v) is 6.41. The van der Waals surface area contributed by atoms with Crippen LogP contribution < -0.4 is 14.9 Å². The van der Waals surface area contributed by atoms with Gasteiger partial charge < -0.3 is 23.2 Å². The topological polar surface area (TPSA) is 104 Å². The van der Waals surface area contributed by atoms with E-state index in [0.29, 0.717) is 32.3 Å². The maximum Gasteiger partial charge on any atom is 0.343 e. The number of rotatable bonds is 10. The molecule has 4 aromatic rings. The van der Waals surface area contributed by atoms with Gasteiger partial charge >= 0.3 is 11.9 Å². The molecular weight excluding hydrogens is 590 g/mol. The molecule has 0 aliphatic heterocycles. The molecule has 0 spiro atoms. The molecule has 0 atom stereocenters. The number of aromatic nitrogens is 1. The minimum atomic E-state index is -0.558. The number of benzene rings is 2. The van der Waals surface area contributed by atoms with Gasteiger partial charge in [-0.2, -0.15) is 5.10 Å². The van der Waals surface area contributed by atoms with Gasteiger partial charge in [0.15, 0.2) is 12.4 Å². The van der Waals surface area contributed by atoms with Crippen LogP contribution in [0.1, 0.15) is 33.3 Å². The summed E-state index contributed by atoms with van der Waals surface area (Å²) in [6.45, 7) is 3.96. The van der Waals surface area contributed by atoms with Gasteiger partial charge in [-0.15, -0.1) is 0 Å². The first-order chi connectivity index (χ1) is 18.7. The number of hydrazone groups is 1. The molecule has 2 heterocycles. The highest BCUT2D eigenvalue weighted by Gasteiger charge is 2.14. The molecule has 0 bridgehead atoms. The number of hydrogen-bond acceptors (Lipinski definition) is 7. The highest BCUT2D eigenvalue weighted by atomic mass is 79.9. The monoisotopic (exact) mass is 613 g/mol. The second kappa shape index (κ2) is 12.7. The zero-order valence-electron chi connectivity index (χ0n) is 21.4. The molecule has 0 radical (unpaired) electrons. The fraction of sp³-hybridized carbons (Fsp3) is 0.179. The van der Waals surface area contributed by atoms with E-state index in [2.05, 4.69) is 61.7 Å². The number of esters is 1. The number of furan rings is 1. The summed E-state index contributed by atoms with van der Waals surface area (Å²) < 4.78 is 24.2. The molecule has 0 saturated heterocycles. The Hall–Kier alpha value is -4.02. The molecule has 39 heavy (non-hydrogen) atoms. The van der Waals surface area contributed by atoms with E-state index in [-0.39, 0.29) is 19.0 Å².